The smallest absolute Gasteiger partial charge is 0.409 e. The minimum atomic E-state index is -0.618. The molecule has 7 nitrogen and oxygen atoms in total. The number of nitrogens with zero attached hydrogens (tertiary/aromatic N) is 3. The molecule has 8 heteroatoms. The van der Waals surface area contributed by atoms with E-state index in [2.05, 4.69) is 54.0 Å². The van der Waals surface area contributed by atoms with Gasteiger partial charge in [0.05, 0.1) is 22.4 Å². The highest BCUT2D eigenvalue weighted by Crippen LogP contribution is 2.33. The van der Waals surface area contributed by atoms with Crippen LogP contribution in [0.5, 0.6) is 5.75 Å². The van der Waals surface area contributed by atoms with E-state index >= 15 is 0 Å². The van der Waals surface area contributed by atoms with Gasteiger partial charge in [0.2, 0.25) is 0 Å². The van der Waals surface area contributed by atoms with Gasteiger partial charge in [0.15, 0.2) is 5.75 Å². The number of halogens is 1. The number of para-hydroxylation sites is 2. The van der Waals surface area contributed by atoms with Gasteiger partial charge in [0.25, 0.3) is 0 Å². The predicted molar refractivity (Wildman–Crippen MR) is 147 cm³/mol. The molecule has 2 aromatic carbocycles. The molecule has 2 aliphatic rings. The quantitative estimate of drug-likeness (QED) is 0.225. The maximum absolute atomic E-state index is 12.5. The van der Waals surface area contributed by atoms with Crippen molar-refractivity contribution in [1.82, 2.24) is 20.1 Å². The van der Waals surface area contributed by atoms with Crippen LogP contribution in [-0.2, 0) is 13.0 Å². The molecule has 1 aromatic heterocycles. The van der Waals surface area contributed by atoms with Crippen molar-refractivity contribution in [1.29, 1.82) is 0 Å². The van der Waals surface area contributed by atoms with Gasteiger partial charge < -0.3 is 10.1 Å². The lowest BCUT2D eigenvalue weighted by Gasteiger charge is -2.07. The molecule has 0 saturated carbocycles. The Balaban J connectivity index is 1.29. The summed E-state index contributed by atoms with van der Waals surface area (Å²) < 4.78 is 7.33. The van der Waals surface area contributed by atoms with Crippen LogP contribution in [0.25, 0.3) is 22.2 Å². The number of carbonyl (C=O) groups excluding carboxylic acids is 1. The van der Waals surface area contributed by atoms with Crippen molar-refractivity contribution in [3.63, 3.8) is 0 Å². The van der Waals surface area contributed by atoms with E-state index in [1.807, 2.05) is 35.1 Å². The van der Waals surface area contributed by atoms with Crippen LogP contribution in [0.15, 0.2) is 79.1 Å². The van der Waals surface area contributed by atoms with Crippen molar-refractivity contribution in [3.05, 3.63) is 95.3 Å². The lowest BCUT2D eigenvalue weighted by atomic mass is 10.1. The van der Waals surface area contributed by atoms with Crippen LogP contribution in [0, 0.1) is 0 Å². The van der Waals surface area contributed by atoms with Gasteiger partial charge in [0.1, 0.15) is 0 Å². The minimum Gasteiger partial charge on any atom is -0.409 e. The zero-order chi connectivity index (χ0) is 25.8. The van der Waals surface area contributed by atoms with Gasteiger partial charge in [-0.1, -0.05) is 54.1 Å². The van der Waals surface area contributed by atoms with Crippen molar-refractivity contribution in [2.45, 2.75) is 32.9 Å². The fourth-order valence-corrected chi connectivity index (χ4v) is 4.40. The Morgan fingerprint density at radius 1 is 1.08 bits per heavy atom. The van der Waals surface area contributed by atoms with Gasteiger partial charge >= 0.3 is 6.09 Å². The number of benzene rings is 2. The van der Waals surface area contributed by atoms with E-state index in [4.69, 9.17) is 21.3 Å². The Hall–Kier alpha value is -3.94. The summed E-state index contributed by atoms with van der Waals surface area (Å²) in [6, 6.07) is 21.0. The average molecular weight is 514 g/mol. The maximum atomic E-state index is 12.5. The van der Waals surface area contributed by atoms with Crippen LogP contribution in [0.4, 0.5) is 10.5 Å². The number of anilines is 1. The molecule has 0 unspecified atom stereocenters. The molecular formula is C29H28ClN5O2. The van der Waals surface area contributed by atoms with Crippen LogP contribution in [0.1, 0.15) is 31.0 Å². The Kier molecular flexibility index (Phi) is 7.35. The standard InChI is InChI=1S/C29H28ClN5O2/c1-19(2)35-18-20(16-32-35)13-14-31-17-21-7-5-10-24-23-9-6-8-22(15-26(23)34-28(21)24)33-29(36)37-27-12-4-3-11-25(27)30/h3-12,15-16,18-19,31H,13-14,17H2,1-2H3,(H,33,36). The Bertz CT molecular complexity index is 1510. The summed E-state index contributed by atoms with van der Waals surface area (Å²) in [4.78, 5) is 17.4. The third kappa shape index (κ3) is 5.74. The summed E-state index contributed by atoms with van der Waals surface area (Å²) >= 11 is 6.10. The first-order valence-corrected chi connectivity index (χ1v) is 12.6. The third-order valence-corrected chi connectivity index (χ3v) is 6.44. The topological polar surface area (TPSA) is 81.1 Å². The number of fused-ring (bicyclic) bond motifs is 3. The number of amides is 1. The number of hydrogen-bond donors (Lipinski definition) is 2. The van der Waals surface area contributed by atoms with E-state index in [0.29, 0.717) is 29.0 Å². The summed E-state index contributed by atoms with van der Waals surface area (Å²) in [5, 5.41) is 12.2. The first kappa shape index (κ1) is 24.7. The van der Waals surface area contributed by atoms with Crippen molar-refractivity contribution in [3.8, 4) is 17.0 Å². The molecule has 0 saturated heterocycles. The fourth-order valence-electron chi connectivity index (χ4n) is 4.22. The number of aromatic nitrogens is 3. The van der Waals surface area contributed by atoms with Crippen LogP contribution >= 0.6 is 11.6 Å². The van der Waals surface area contributed by atoms with E-state index in [1.54, 1.807) is 24.3 Å². The second kappa shape index (κ2) is 11.0. The molecule has 3 aromatic rings. The molecule has 5 rings (SSSR count). The fraction of sp³-hybridized carbons (Fsp3) is 0.207. The lowest BCUT2D eigenvalue weighted by molar-refractivity contribution is 0.215. The van der Waals surface area contributed by atoms with Gasteiger partial charge in [-0.05, 0) is 62.2 Å². The molecular weight excluding hydrogens is 486 g/mol. The van der Waals surface area contributed by atoms with E-state index in [9.17, 15) is 4.79 Å². The van der Waals surface area contributed by atoms with Gasteiger partial charge in [-0.3, -0.25) is 10.00 Å². The largest absolute Gasteiger partial charge is 0.417 e. The summed E-state index contributed by atoms with van der Waals surface area (Å²) in [6.07, 6.45) is 4.33. The number of carbonyl (C=O) groups is 1. The van der Waals surface area contributed by atoms with E-state index in [-0.39, 0.29) is 0 Å². The monoisotopic (exact) mass is 513 g/mol. The van der Waals surface area contributed by atoms with Crippen LogP contribution < -0.4 is 15.4 Å². The highest BCUT2D eigenvalue weighted by atomic mass is 35.5. The van der Waals surface area contributed by atoms with Gasteiger partial charge in [-0.15, -0.1) is 0 Å². The number of ether oxygens (including phenoxy) is 1. The molecule has 1 aliphatic heterocycles. The maximum Gasteiger partial charge on any atom is 0.417 e. The van der Waals surface area contributed by atoms with E-state index in [0.717, 1.165) is 40.7 Å². The molecule has 1 amide bonds. The number of rotatable bonds is 8. The van der Waals surface area contributed by atoms with Crippen molar-refractivity contribution >= 4 is 34.3 Å². The zero-order valence-corrected chi connectivity index (χ0v) is 21.5. The Morgan fingerprint density at radius 2 is 1.92 bits per heavy atom. The Labute approximate surface area is 220 Å². The molecule has 0 fully saturated rings. The van der Waals surface area contributed by atoms with Crippen LogP contribution in [0.3, 0.4) is 0 Å². The van der Waals surface area contributed by atoms with E-state index in [1.165, 1.54) is 5.56 Å². The highest BCUT2D eigenvalue weighted by Gasteiger charge is 2.15. The molecule has 37 heavy (non-hydrogen) atoms. The summed E-state index contributed by atoms with van der Waals surface area (Å²) in [5.74, 6) is 0.301. The van der Waals surface area contributed by atoms with Crippen LogP contribution in [-0.4, -0.2) is 27.4 Å². The van der Waals surface area contributed by atoms with Crippen molar-refractivity contribution in [2.24, 2.45) is 0 Å². The summed E-state index contributed by atoms with van der Waals surface area (Å²) in [7, 11) is 0. The first-order chi connectivity index (χ1) is 18.0. The van der Waals surface area contributed by atoms with Gasteiger partial charge in [-0.2, -0.15) is 5.10 Å². The highest BCUT2D eigenvalue weighted by molar-refractivity contribution is 6.32. The molecule has 0 bridgehead atoms. The second-order valence-corrected chi connectivity index (χ2v) is 9.55. The summed E-state index contributed by atoms with van der Waals surface area (Å²) in [6.45, 7) is 5.80. The van der Waals surface area contributed by atoms with Crippen molar-refractivity contribution in [2.75, 3.05) is 11.9 Å². The lowest BCUT2D eigenvalue weighted by Crippen LogP contribution is -2.16. The molecule has 188 valence electrons. The van der Waals surface area contributed by atoms with Gasteiger partial charge in [0, 0.05) is 35.4 Å². The molecule has 2 heterocycles. The molecule has 0 spiro atoms. The average Bonchev–Trinajstić information content (AvgIpc) is 3.43. The Morgan fingerprint density at radius 3 is 2.73 bits per heavy atom. The van der Waals surface area contributed by atoms with Gasteiger partial charge in [-0.25, -0.2) is 9.78 Å². The molecule has 2 N–H and O–H groups in total. The number of hydrogen-bond acceptors (Lipinski definition) is 5. The van der Waals surface area contributed by atoms with Crippen molar-refractivity contribution < 1.29 is 9.53 Å². The minimum absolute atomic E-state index is 0.301. The molecule has 0 atom stereocenters. The van der Waals surface area contributed by atoms with Crippen LogP contribution in [0.2, 0.25) is 5.02 Å². The SMILES string of the molecule is CC(C)n1cc(CCNCc2cccc3c4cccc(NC(=O)Oc5ccccc5Cl)cc-4nc23)cn1. The predicted octanol–water partition coefficient (Wildman–Crippen LogP) is 6.71. The zero-order valence-electron chi connectivity index (χ0n) is 20.7. The second-order valence-electron chi connectivity index (χ2n) is 9.14. The van der Waals surface area contributed by atoms with E-state index < -0.39 is 6.09 Å². The third-order valence-electron chi connectivity index (χ3n) is 6.12. The first-order valence-electron chi connectivity index (χ1n) is 12.3. The number of nitrogens with one attached hydrogen (secondary N) is 2. The normalized spacial score (nSPS) is 11.4. The molecule has 1 aliphatic carbocycles. The molecule has 0 radical (unpaired) electrons. The summed E-state index contributed by atoms with van der Waals surface area (Å²) in [5.41, 5.74) is 5.69.